The normalized spacial score (nSPS) is 9.77. The first kappa shape index (κ1) is 11.0. The molecule has 70 valence electrons. The molecule has 2 nitrogen and oxygen atoms in total. The van der Waals surface area contributed by atoms with Crippen molar-refractivity contribution in [3.63, 3.8) is 0 Å². The Morgan fingerprint density at radius 1 is 1.46 bits per heavy atom. The van der Waals surface area contributed by atoms with Crippen LogP contribution in [0.2, 0.25) is 0 Å². The standard InChI is InChI=1S/C8H6Br2ClNO/c9-5-1-2-6(10)7(3-5)12-8(13)4-11/h1-3H,4H2,(H,12,13). The first-order chi connectivity index (χ1) is 6.13. The van der Waals surface area contributed by atoms with E-state index in [4.69, 9.17) is 11.6 Å². The third kappa shape index (κ3) is 3.29. The molecule has 13 heavy (non-hydrogen) atoms. The maximum absolute atomic E-state index is 11.0. The lowest BCUT2D eigenvalue weighted by atomic mass is 10.3. The molecular formula is C8H6Br2ClNO. The highest BCUT2D eigenvalue weighted by Crippen LogP contribution is 2.25. The summed E-state index contributed by atoms with van der Waals surface area (Å²) in [6, 6.07) is 5.52. The summed E-state index contributed by atoms with van der Waals surface area (Å²) in [5.41, 5.74) is 0.708. The summed E-state index contributed by atoms with van der Waals surface area (Å²) in [5.74, 6) is -0.264. The van der Waals surface area contributed by atoms with Crippen molar-refractivity contribution < 1.29 is 4.79 Å². The topological polar surface area (TPSA) is 29.1 Å². The van der Waals surface area contributed by atoms with Crippen LogP contribution in [0.4, 0.5) is 5.69 Å². The molecule has 0 radical (unpaired) electrons. The van der Waals surface area contributed by atoms with Gasteiger partial charge in [0.2, 0.25) is 5.91 Å². The van der Waals surface area contributed by atoms with Crippen molar-refractivity contribution in [3.05, 3.63) is 27.1 Å². The van der Waals surface area contributed by atoms with Crippen LogP contribution in [0.15, 0.2) is 27.1 Å². The number of alkyl halides is 1. The van der Waals surface area contributed by atoms with Gasteiger partial charge in [-0.05, 0) is 34.1 Å². The molecule has 0 saturated heterocycles. The van der Waals surface area contributed by atoms with Gasteiger partial charge in [-0.25, -0.2) is 0 Å². The van der Waals surface area contributed by atoms with E-state index in [1.165, 1.54) is 0 Å². The van der Waals surface area contributed by atoms with E-state index in [0.717, 1.165) is 8.95 Å². The molecule has 0 bridgehead atoms. The first-order valence-corrected chi connectivity index (χ1v) is 5.56. The molecule has 5 heteroatoms. The molecule has 0 spiro atoms. The number of nitrogens with one attached hydrogen (secondary N) is 1. The van der Waals surface area contributed by atoms with Gasteiger partial charge in [0.25, 0.3) is 0 Å². The van der Waals surface area contributed by atoms with Gasteiger partial charge < -0.3 is 5.32 Å². The fraction of sp³-hybridized carbons (Fsp3) is 0.125. The lowest BCUT2D eigenvalue weighted by Crippen LogP contribution is -2.12. The minimum absolute atomic E-state index is 0.0427. The van der Waals surface area contributed by atoms with E-state index in [2.05, 4.69) is 37.2 Å². The highest BCUT2D eigenvalue weighted by atomic mass is 79.9. The molecule has 1 N–H and O–H groups in total. The monoisotopic (exact) mass is 325 g/mol. The molecule has 1 aromatic carbocycles. The van der Waals surface area contributed by atoms with Crippen molar-refractivity contribution in [1.29, 1.82) is 0 Å². The minimum atomic E-state index is -0.222. The second kappa shape index (κ2) is 4.98. The van der Waals surface area contributed by atoms with Crippen molar-refractivity contribution in [2.24, 2.45) is 0 Å². The van der Waals surface area contributed by atoms with Gasteiger partial charge in [0.1, 0.15) is 5.88 Å². The van der Waals surface area contributed by atoms with E-state index in [-0.39, 0.29) is 11.8 Å². The summed E-state index contributed by atoms with van der Waals surface area (Å²) >= 11 is 12.0. The second-order valence-corrected chi connectivity index (χ2v) is 4.34. The number of hydrogen-bond acceptors (Lipinski definition) is 1. The molecule has 0 aliphatic carbocycles. The van der Waals surface area contributed by atoms with Crippen LogP contribution in [0.1, 0.15) is 0 Å². The molecule has 0 aliphatic rings. The number of halogens is 3. The molecule has 0 atom stereocenters. The number of rotatable bonds is 2. The summed E-state index contributed by atoms with van der Waals surface area (Å²) in [6.45, 7) is 0. The van der Waals surface area contributed by atoms with Gasteiger partial charge in [-0.1, -0.05) is 15.9 Å². The van der Waals surface area contributed by atoms with E-state index in [1.54, 1.807) is 6.07 Å². The lowest BCUT2D eigenvalue weighted by molar-refractivity contribution is -0.113. The summed E-state index contributed by atoms with van der Waals surface area (Å²) in [6.07, 6.45) is 0. The van der Waals surface area contributed by atoms with Gasteiger partial charge >= 0.3 is 0 Å². The van der Waals surface area contributed by atoms with Crippen LogP contribution in [0, 0.1) is 0 Å². The minimum Gasteiger partial charge on any atom is -0.324 e. The zero-order valence-electron chi connectivity index (χ0n) is 6.48. The molecule has 1 amide bonds. The van der Waals surface area contributed by atoms with Crippen LogP contribution in [-0.4, -0.2) is 11.8 Å². The van der Waals surface area contributed by atoms with E-state index in [9.17, 15) is 4.79 Å². The number of anilines is 1. The average molecular weight is 327 g/mol. The number of carbonyl (C=O) groups excluding carboxylic acids is 1. The molecule has 1 rings (SSSR count). The highest BCUT2D eigenvalue weighted by Gasteiger charge is 2.04. The van der Waals surface area contributed by atoms with Crippen molar-refractivity contribution in [2.75, 3.05) is 11.2 Å². The van der Waals surface area contributed by atoms with Crippen molar-refractivity contribution in [2.45, 2.75) is 0 Å². The largest absolute Gasteiger partial charge is 0.324 e. The van der Waals surface area contributed by atoms with Crippen LogP contribution < -0.4 is 5.32 Å². The Balaban J connectivity index is 2.87. The molecule has 1 aromatic rings. The summed E-state index contributed by atoms with van der Waals surface area (Å²) in [4.78, 5) is 11.0. The second-order valence-electron chi connectivity index (χ2n) is 2.31. The Morgan fingerprint density at radius 3 is 2.77 bits per heavy atom. The Kier molecular flexibility index (Phi) is 4.22. The number of amides is 1. The molecule has 0 saturated carbocycles. The smallest absolute Gasteiger partial charge is 0.239 e. The summed E-state index contributed by atoms with van der Waals surface area (Å²) in [5, 5.41) is 2.65. The van der Waals surface area contributed by atoms with Crippen molar-refractivity contribution in [3.8, 4) is 0 Å². The van der Waals surface area contributed by atoms with Gasteiger partial charge in [0.05, 0.1) is 5.69 Å². The van der Waals surface area contributed by atoms with E-state index in [0.29, 0.717) is 5.69 Å². The molecule has 0 aliphatic heterocycles. The van der Waals surface area contributed by atoms with Gasteiger partial charge in [-0.3, -0.25) is 4.79 Å². The maximum atomic E-state index is 11.0. The van der Waals surface area contributed by atoms with E-state index in [1.807, 2.05) is 12.1 Å². The maximum Gasteiger partial charge on any atom is 0.239 e. The van der Waals surface area contributed by atoms with Gasteiger partial charge in [0, 0.05) is 8.95 Å². The average Bonchev–Trinajstić information content (AvgIpc) is 2.11. The van der Waals surface area contributed by atoms with Crippen LogP contribution in [0.3, 0.4) is 0 Å². The summed E-state index contributed by atoms with van der Waals surface area (Å²) in [7, 11) is 0. The van der Waals surface area contributed by atoms with E-state index >= 15 is 0 Å². The lowest BCUT2D eigenvalue weighted by Gasteiger charge is -2.05. The predicted octanol–water partition coefficient (Wildman–Crippen LogP) is 3.39. The Labute approximate surface area is 97.9 Å². The molecule has 0 unspecified atom stereocenters. The predicted molar refractivity (Wildman–Crippen MR) is 61.2 cm³/mol. The fourth-order valence-corrected chi connectivity index (χ4v) is 1.55. The van der Waals surface area contributed by atoms with Crippen LogP contribution >= 0.6 is 43.5 Å². The molecule has 0 aromatic heterocycles. The number of benzene rings is 1. The van der Waals surface area contributed by atoms with Crippen LogP contribution in [0.5, 0.6) is 0 Å². The Bertz CT molecular complexity index is 330. The first-order valence-electron chi connectivity index (χ1n) is 3.44. The fourth-order valence-electron chi connectivity index (χ4n) is 0.777. The Hall–Kier alpha value is -0.0600. The Morgan fingerprint density at radius 2 is 2.15 bits per heavy atom. The zero-order chi connectivity index (χ0) is 9.84. The zero-order valence-corrected chi connectivity index (χ0v) is 10.4. The van der Waals surface area contributed by atoms with Gasteiger partial charge in [-0.15, -0.1) is 11.6 Å². The summed E-state index contributed by atoms with van der Waals surface area (Å²) < 4.78 is 1.73. The quantitative estimate of drug-likeness (QED) is 0.829. The SMILES string of the molecule is O=C(CCl)Nc1cc(Br)ccc1Br. The third-order valence-corrected chi connectivity index (χ3v) is 2.75. The van der Waals surface area contributed by atoms with Crippen LogP contribution in [-0.2, 0) is 4.79 Å². The number of carbonyl (C=O) groups is 1. The number of hydrogen-bond donors (Lipinski definition) is 1. The molecule has 0 fully saturated rings. The van der Waals surface area contributed by atoms with Crippen molar-refractivity contribution in [1.82, 2.24) is 0 Å². The van der Waals surface area contributed by atoms with Crippen LogP contribution in [0.25, 0.3) is 0 Å². The van der Waals surface area contributed by atoms with Gasteiger partial charge in [-0.2, -0.15) is 0 Å². The molecule has 0 heterocycles. The van der Waals surface area contributed by atoms with Crippen molar-refractivity contribution >= 4 is 55.1 Å². The molecular weight excluding hydrogens is 321 g/mol. The third-order valence-electron chi connectivity index (χ3n) is 1.32. The van der Waals surface area contributed by atoms with E-state index < -0.39 is 0 Å². The highest BCUT2D eigenvalue weighted by molar-refractivity contribution is 9.11. The van der Waals surface area contributed by atoms with Gasteiger partial charge in [0.15, 0.2) is 0 Å².